The van der Waals surface area contributed by atoms with E-state index >= 15 is 0 Å². The summed E-state index contributed by atoms with van der Waals surface area (Å²) in [6.07, 6.45) is 4.11. The zero-order chi connectivity index (χ0) is 14.1. The van der Waals surface area contributed by atoms with Gasteiger partial charge in [0.25, 0.3) is 5.56 Å². The van der Waals surface area contributed by atoms with Gasteiger partial charge in [-0.15, -0.1) is 0 Å². The Balaban J connectivity index is 2.23. The van der Waals surface area contributed by atoms with E-state index < -0.39 is 5.69 Å². The molecular weight excluding hydrogens is 276 g/mol. The first-order chi connectivity index (χ1) is 9.68. The largest absolute Gasteiger partial charge is 0.334 e. The molecule has 0 saturated heterocycles. The second-order valence-corrected chi connectivity index (χ2v) is 5.49. The number of rotatable bonds is 2. The number of nitrogens with zero attached hydrogens (tertiary/aromatic N) is 1. The number of halogens is 1. The van der Waals surface area contributed by atoms with Crippen LogP contribution in [0.1, 0.15) is 37.2 Å². The highest BCUT2D eigenvalue weighted by Crippen LogP contribution is 2.34. The average Bonchev–Trinajstić information content (AvgIpc) is 2.93. The maximum atomic E-state index is 12.7. The summed E-state index contributed by atoms with van der Waals surface area (Å²) in [6.45, 7) is 0. The summed E-state index contributed by atoms with van der Waals surface area (Å²) < 4.78 is 1.17. The molecule has 0 bridgehead atoms. The summed E-state index contributed by atoms with van der Waals surface area (Å²) in [7, 11) is 0. The number of aromatic amines is 1. The molecule has 1 heterocycles. The Bertz CT molecular complexity index is 728. The lowest BCUT2D eigenvalue weighted by Crippen LogP contribution is -2.36. The molecule has 0 amide bonds. The highest BCUT2D eigenvalue weighted by molar-refractivity contribution is 6.30. The molecule has 4 nitrogen and oxygen atoms in total. The fourth-order valence-electron chi connectivity index (χ4n) is 2.90. The number of benzene rings is 1. The van der Waals surface area contributed by atoms with E-state index in [2.05, 4.69) is 4.98 Å². The van der Waals surface area contributed by atoms with Gasteiger partial charge in [0.15, 0.2) is 0 Å². The van der Waals surface area contributed by atoms with Crippen molar-refractivity contribution in [1.29, 1.82) is 0 Å². The Morgan fingerprint density at radius 2 is 1.75 bits per heavy atom. The maximum absolute atomic E-state index is 12.7. The van der Waals surface area contributed by atoms with Gasteiger partial charge in [0.05, 0.1) is 11.3 Å². The first kappa shape index (κ1) is 13.2. The van der Waals surface area contributed by atoms with E-state index in [1.165, 1.54) is 4.57 Å². The minimum absolute atomic E-state index is 0.154. The molecule has 1 N–H and O–H groups in total. The number of hydrogen-bond acceptors (Lipinski definition) is 2. The van der Waals surface area contributed by atoms with E-state index in [4.69, 9.17) is 11.6 Å². The lowest BCUT2D eigenvalue weighted by Gasteiger charge is -2.13. The number of para-hydroxylation sites is 1. The van der Waals surface area contributed by atoms with Gasteiger partial charge in [0.1, 0.15) is 5.15 Å². The van der Waals surface area contributed by atoms with Gasteiger partial charge in [0, 0.05) is 0 Å². The van der Waals surface area contributed by atoms with E-state index in [1.54, 1.807) is 24.3 Å². The van der Waals surface area contributed by atoms with Crippen LogP contribution < -0.4 is 11.2 Å². The topological polar surface area (TPSA) is 54.9 Å². The van der Waals surface area contributed by atoms with Crippen molar-refractivity contribution in [3.63, 3.8) is 0 Å². The second kappa shape index (κ2) is 5.29. The predicted molar refractivity (Wildman–Crippen MR) is 78.9 cm³/mol. The fourth-order valence-corrected chi connectivity index (χ4v) is 3.22. The maximum Gasteiger partial charge on any atom is 0.334 e. The minimum Gasteiger partial charge on any atom is -0.297 e. The zero-order valence-electron chi connectivity index (χ0n) is 10.9. The summed E-state index contributed by atoms with van der Waals surface area (Å²) in [4.78, 5) is 27.3. The van der Waals surface area contributed by atoms with Crippen molar-refractivity contribution in [2.45, 2.75) is 31.6 Å². The number of aromatic nitrogens is 2. The number of hydrogen-bond donors (Lipinski definition) is 1. The number of H-pyrrole nitrogens is 1. The second-order valence-electron chi connectivity index (χ2n) is 5.12. The first-order valence-electron chi connectivity index (χ1n) is 6.78. The lowest BCUT2D eigenvalue weighted by atomic mass is 10.0. The van der Waals surface area contributed by atoms with Crippen molar-refractivity contribution in [3.05, 3.63) is 61.9 Å². The van der Waals surface area contributed by atoms with E-state index in [-0.39, 0.29) is 16.6 Å². The predicted octanol–water partition coefficient (Wildman–Crippen LogP) is 2.84. The van der Waals surface area contributed by atoms with Crippen molar-refractivity contribution in [2.75, 3.05) is 0 Å². The van der Waals surface area contributed by atoms with Crippen molar-refractivity contribution >= 4 is 11.6 Å². The van der Waals surface area contributed by atoms with Crippen LogP contribution in [0.3, 0.4) is 0 Å². The van der Waals surface area contributed by atoms with Crippen LogP contribution in [0.4, 0.5) is 0 Å². The third kappa shape index (κ3) is 2.20. The molecule has 0 aliphatic heterocycles. The molecule has 0 radical (unpaired) electrons. The van der Waals surface area contributed by atoms with Crippen LogP contribution >= 0.6 is 11.6 Å². The van der Waals surface area contributed by atoms with Crippen LogP contribution in [0.5, 0.6) is 0 Å². The highest BCUT2D eigenvalue weighted by atomic mass is 35.5. The van der Waals surface area contributed by atoms with Crippen molar-refractivity contribution in [1.82, 2.24) is 9.55 Å². The lowest BCUT2D eigenvalue weighted by molar-refractivity contribution is 0.688. The summed E-state index contributed by atoms with van der Waals surface area (Å²) in [6, 6.07) is 8.92. The molecule has 0 unspecified atom stereocenters. The minimum atomic E-state index is -0.493. The van der Waals surface area contributed by atoms with Crippen molar-refractivity contribution in [2.24, 2.45) is 0 Å². The standard InChI is InChI=1S/C15H15ClN2O2/c16-13-12(10-6-4-5-7-10)14(19)18(15(20)17-13)11-8-2-1-3-9-11/h1-3,8-10H,4-7H2,(H,17,20). The molecule has 104 valence electrons. The van der Waals surface area contributed by atoms with Crippen molar-refractivity contribution < 1.29 is 0 Å². The van der Waals surface area contributed by atoms with E-state index in [0.717, 1.165) is 25.7 Å². The Kier molecular flexibility index (Phi) is 3.49. The van der Waals surface area contributed by atoms with Crippen LogP contribution in [0, 0.1) is 0 Å². The molecular formula is C15H15ClN2O2. The molecule has 1 aliphatic rings. The van der Waals surface area contributed by atoms with Crippen LogP contribution in [-0.2, 0) is 0 Å². The summed E-state index contributed by atoms with van der Waals surface area (Å²) in [5.74, 6) is 0.154. The molecule has 1 fully saturated rings. The molecule has 5 heteroatoms. The third-order valence-electron chi connectivity index (χ3n) is 3.87. The molecule has 0 atom stereocenters. The van der Waals surface area contributed by atoms with Crippen LogP contribution in [-0.4, -0.2) is 9.55 Å². The molecule has 0 spiro atoms. The fraction of sp³-hybridized carbons (Fsp3) is 0.333. The highest BCUT2D eigenvalue weighted by Gasteiger charge is 2.25. The van der Waals surface area contributed by atoms with Gasteiger partial charge in [0.2, 0.25) is 0 Å². The van der Waals surface area contributed by atoms with Gasteiger partial charge in [-0.25, -0.2) is 9.36 Å². The quantitative estimate of drug-likeness (QED) is 0.865. The Labute approximate surface area is 121 Å². The molecule has 20 heavy (non-hydrogen) atoms. The van der Waals surface area contributed by atoms with Crippen LogP contribution in [0.25, 0.3) is 5.69 Å². The van der Waals surface area contributed by atoms with Crippen LogP contribution in [0.15, 0.2) is 39.9 Å². The summed E-state index contributed by atoms with van der Waals surface area (Å²) in [5, 5.41) is 0.194. The molecule has 1 aromatic heterocycles. The summed E-state index contributed by atoms with van der Waals surface area (Å²) in [5.41, 5.74) is 0.326. The van der Waals surface area contributed by atoms with E-state index in [9.17, 15) is 9.59 Å². The monoisotopic (exact) mass is 290 g/mol. The van der Waals surface area contributed by atoms with Gasteiger partial charge in [-0.3, -0.25) is 9.78 Å². The van der Waals surface area contributed by atoms with Gasteiger partial charge < -0.3 is 0 Å². The van der Waals surface area contributed by atoms with Gasteiger partial charge in [-0.05, 0) is 30.9 Å². The third-order valence-corrected chi connectivity index (χ3v) is 4.17. The number of nitrogens with one attached hydrogen (secondary N) is 1. The molecule has 1 aromatic carbocycles. The van der Waals surface area contributed by atoms with Crippen LogP contribution in [0.2, 0.25) is 5.15 Å². The summed E-state index contributed by atoms with van der Waals surface area (Å²) >= 11 is 6.11. The average molecular weight is 291 g/mol. The van der Waals surface area contributed by atoms with E-state index in [1.807, 2.05) is 6.07 Å². The zero-order valence-corrected chi connectivity index (χ0v) is 11.7. The Morgan fingerprint density at radius 1 is 1.10 bits per heavy atom. The Hall–Kier alpha value is -1.81. The smallest absolute Gasteiger partial charge is 0.297 e. The van der Waals surface area contributed by atoms with Gasteiger partial charge in [-0.2, -0.15) is 0 Å². The van der Waals surface area contributed by atoms with Gasteiger partial charge in [-0.1, -0.05) is 42.6 Å². The molecule has 1 aliphatic carbocycles. The molecule has 1 saturated carbocycles. The Morgan fingerprint density at radius 3 is 2.40 bits per heavy atom. The van der Waals surface area contributed by atoms with Crippen molar-refractivity contribution in [3.8, 4) is 5.69 Å². The SMILES string of the molecule is O=c1[nH]c(Cl)c(C2CCCC2)c(=O)n1-c1ccccc1. The first-order valence-corrected chi connectivity index (χ1v) is 7.16. The molecule has 2 aromatic rings. The van der Waals surface area contributed by atoms with Gasteiger partial charge >= 0.3 is 5.69 Å². The normalized spacial score (nSPS) is 15.7. The van der Waals surface area contributed by atoms with E-state index in [0.29, 0.717) is 11.3 Å². The molecule has 3 rings (SSSR count).